The number of benzene rings is 1. The molecular formula is C18H16Cl4FN3O3. The summed E-state index contributed by atoms with van der Waals surface area (Å²) in [6.07, 6.45) is 0.240. The van der Waals surface area contributed by atoms with Gasteiger partial charge in [0.25, 0.3) is 11.8 Å². The number of pyridine rings is 1. The van der Waals surface area contributed by atoms with Gasteiger partial charge in [-0.2, -0.15) is 0 Å². The van der Waals surface area contributed by atoms with Gasteiger partial charge >= 0.3 is 0 Å². The number of carbonyl (C=O) groups excluding carboxylic acids is 2. The molecule has 0 aliphatic rings. The number of nitrogens with one attached hydrogen (secondary N) is 2. The van der Waals surface area contributed by atoms with E-state index in [-0.39, 0.29) is 5.82 Å². The zero-order valence-corrected chi connectivity index (χ0v) is 17.7. The van der Waals surface area contributed by atoms with Crippen molar-refractivity contribution in [2.75, 3.05) is 12.0 Å². The van der Waals surface area contributed by atoms with Crippen molar-refractivity contribution in [2.24, 2.45) is 0 Å². The average Bonchev–Trinajstić information content (AvgIpc) is 2.71. The fourth-order valence-corrected chi connectivity index (χ4v) is 2.61. The van der Waals surface area contributed by atoms with Gasteiger partial charge in [-0.1, -0.05) is 70.7 Å². The van der Waals surface area contributed by atoms with E-state index in [0.717, 1.165) is 11.1 Å². The van der Waals surface area contributed by atoms with E-state index in [1.165, 1.54) is 6.20 Å². The Kier molecular flexibility index (Phi) is 8.92. The Hall–Kier alpha value is -1.64. The molecule has 2 aromatic rings. The van der Waals surface area contributed by atoms with Gasteiger partial charge in [0.2, 0.25) is 0 Å². The fraction of sp³-hybridized carbons (Fsp3) is 0.278. The zero-order chi connectivity index (χ0) is 21.6. The maximum atomic E-state index is 13.2. The monoisotopic (exact) mass is 481 g/mol. The molecule has 2 atom stereocenters. The number of aromatic nitrogens is 1. The van der Waals surface area contributed by atoms with Gasteiger partial charge in [0.1, 0.15) is 18.6 Å². The fourth-order valence-electron chi connectivity index (χ4n) is 2.37. The molecule has 2 amide bonds. The second kappa shape index (κ2) is 10.9. The lowest BCUT2D eigenvalue weighted by Crippen LogP contribution is -2.43. The molecular weight excluding hydrogens is 467 g/mol. The van der Waals surface area contributed by atoms with E-state index in [9.17, 15) is 19.1 Å². The van der Waals surface area contributed by atoms with Crippen molar-refractivity contribution in [1.29, 1.82) is 0 Å². The van der Waals surface area contributed by atoms with Crippen molar-refractivity contribution < 1.29 is 19.1 Å². The molecule has 6 nitrogen and oxygen atoms in total. The second-order valence-electron chi connectivity index (χ2n) is 5.86. The lowest BCUT2D eigenvalue weighted by Gasteiger charge is -2.22. The number of hydrogen-bond donors (Lipinski definition) is 3. The number of alkyl halides is 5. The van der Waals surface area contributed by atoms with Crippen LogP contribution in [-0.4, -0.2) is 44.3 Å². The standard InChI is InChI=1S/C18H16Cl4FN3O3/c19-15(20)17(28)25-12(7-23)14(27)10-3-1-9(2-4-10)11-5-6-13(24-8-11)26-18(29)16(21)22/h1-6,8,12,14-16,27H,7H2,(H,25,28)(H,24,26,29)/t12-,14-/m1/s1. The molecule has 2 rings (SSSR count). The molecule has 0 saturated carbocycles. The van der Waals surface area contributed by atoms with Crippen molar-refractivity contribution in [2.45, 2.75) is 21.8 Å². The molecule has 0 spiro atoms. The maximum Gasteiger partial charge on any atom is 0.258 e. The number of aliphatic hydroxyl groups excluding tert-OH is 1. The molecule has 3 N–H and O–H groups in total. The highest BCUT2D eigenvalue weighted by Gasteiger charge is 2.25. The van der Waals surface area contributed by atoms with Gasteiger partial charge in [-0.15, -0.1) is 0 Å². The summed E-state index contributed by atoms with van der Waals surface area (Å²) >= 11 is 21.8. The Bertz CT molecular complexity index is 835. The highest BCUT2D eigenvalue weighted by Crippen LogP contribution is 2.24. The first kappa shape index (κ1) is 23.6. The summed E-state index contributed by atoms with van der Waals surface area (Å²) in [7, 11) is 0. The lowest BCUT2D eigenvalue weighted by molar-refractivity contribution is -0.121. The van der Waals surface area contributed by atoms with E-state index in [1.807, 2.05) is 0 Å². The number of amides is 2. The van der Waals surface area contributed by atoms with Crippen molar-refractivity contribution in [1.82, 2.24) is 10.3 Å². The number of hydrogen-bond acceptors (Lipinski definition) is 4. The Morgan fingerprint density at radius 3 is 2.03 bits per heavy atom. The first-order chi connectivity index (χ1) is 13.7. The molecule has 11 heteroatoms. The summed E-state index contributed by atoms with van der Waals surface area (Å²) in [6.45, 7) is -1.00. The molecule has 0 unspecified atom stereocenters. The third-order valence-electron chi connectivity index (χ3n) is 3.87. The van der Waals surface area contributed by atoms with Crippen molar-refractivity contribution in [3.8, 4) is 11.1 Å². The summed E-state index contributed by atoms with van der Waals surface area (Å²) < 4.78 is 13.2. The normalized spacial score (nSPS) is 13.2. The molecule has 0 aliphatic heterocycles. The number of nitrogens with zero attached hydrogens (tertiary/aromatic N) is 1. The van der Waals surface area contributed by atoms with E-state index >= 15 is 0 Å². The van der Waals surface area contributed by atoms with Crippen LogP contribution in [0.2, 0.25) is 0 Å². The highest BCUT2D eigenvalue weighted by molar-refractivity contribution is 6.54. The topological polar surface area (TPSA) is 91.3 Å². The minimum Gasteiger partial charge on any atom is -0.386 e. The number of aliphatic hydroxyl groups is 1. The van der Waals surface area contributed by atoms with Crippen LogP contribution in [0.4, 0.5) is 10.2 Å². The third-order valence-corrected chi connectivity index (χ3v) is 4.66. The van der Waals surface area contributed by atoms with Crippen LogP contribution in [0.25, 0.3) is 11.1 Å². The Morgan fingerprint density at radius 2 is 1.55 bits per heavy atom. The summed E-state index contributed by atoms with van der Waals surface area (Å²) in [5.41, 5.74) is 1.89. The van der Waals surface area contributed by atoms with E-state index < -0.39 is 40.3 Å². The zero-order valence-electron chi connectivity index (χ0n) is 14.7. The largest absolute Gasteiger partial charge is 0.386 e. The van der Waals surface area contributed by atoms with E-state index in [4.69, 9.17) is 46.4 Å². The molecule has 0 aliphatic carbocycles. The predicted octanol–water partition coefficient (Wildman–Crippen LogP) is 3.78. The van der Waals surface area contributed by atoms with Crippen LogP contribution in [0.1, 0.15) is 11.7 Å². The first-order valence-electron chi connectivity index (χ1n) is 8.21. The molecule has 29 heavy (non-hydrogen) atoms. The first-order valence-corrected chi connectivity index (χ1v) is 9.95. The molecule has 156 valence electrons. The molecule has 0 fully saturated rings. The van der Waals surface area contributed by atoms with Crippen molar-refractivity contribution in [3.63, 3.8) is 0 Å². The van der Waals surface area contributed by atoms with E-state index in [1.54, 1.807) is 36.4 Å². The number of rotatable bonds is 8. The third kappa shape index (κ3) is 6.69. The van der Waals surface area contributed by atoms with Gasteiger partial charge in [0.05, 0.1) is 6.04 Å². The Morgan fingerprint density at radius 1 is 0.966 bits per heavy atom. The van der Waals surface area contributed by atoms with Gasteiger partial charge in [-0.3, -0.25) is 9.59 Å². The number of carbonyl (C=O) groups is 2. The molecule has 0 radical (unpaired) electrons. The van der Waals surface area contributed by atoms with Crippen LogP contribution in [0.3, 0.4) is 0 Å². The van der Waals surface area contributed by atoms with Gasteiger partial charge in [-0.25, -0.2) is 9.37 Å². The molecule has 1 aromatic carbocycles. The van der Waals surface area contributed by atoms with Crippen LogP contribution in [0.15, 0.2) is 42.6 Å². The Balaban J connectivity index is 2.09. The van der Waals surface area contributed by atoms with Crippen LogP contribution in [0, 0.1) is 0 Å². The molecule has 1 aromatic heterocycles. The number of halogens is 5. The minimum atomic E-state index is -1.36. The quantitative estimate of drug-likeness (QED) is 0.499. The van der Waals surface area contributed by atoms with E-state index in [2.05, 4.69) is 15.6 Å². The highest BCUT2D eigenvalue weighted by atomic mass is 35.5. The van der Waals surface area contributed by atoms with Gasteiger partial charge < -0.3 is 15.7 Å². The van der Waals surface area contributed by atoms with Crippen molar-refractivity contribution >= 4 is 64.0 Å². The van der Waals surface area contributed by atoms with Crippen molar-refractivity contribution in [3.05, 3.63) is 48.2 Å². The van der Waals surface area contributed by atoms with Crippen LogP contribution >= 0.6 is 46.4 Å². The van der Waals surface area contributed by atoms with Crippen LogP contribution in [0.5, 0.6) is 0 Å². The van der Waals surface area contributed by atoms with Gasteiger partial charge in [0, 0.05) is 11.8 Å². The van der Waals surface area contributed by atoms with Crippen LogP contribution in [-0.2, 0) is 9.59 Å². The molecule has 1 heterocycles. The minimum absolute atomic E-state index is 0.288. The second-order valence-corrected chi connectivity index (χ2v) is 8.05. The van der Waals surface area contributed by atoms with Crippen LogP contribution < -0.4 is 10.6 Å². The predicted molar refractivity (Wildman–Crippen MR) is 112 cm³/mol. The number of anilines is 1. The average molecular weight is 483 g/mol. The maximum absolute atomic E-state index is 13.2. The SMILES string of the molecule is O=C(Nc1ccc(-c2ccc([C@@H](O)[C@@H](CF)NC(=O)C(Cl)Cl)cc2)cn1)C(Cl)Cl. The molecule has 0 bridgehead atoms. The smallest absolute Gasteiger partial charge is 0.258 e. The van der Waals surface area contributed by atoms with E-state index in [0.29, 0.717) is 5.56 Å². The summed E-state index contributed by atoms with van der Waals surface area (Å²) in [5.74, 6) is -1.09. The summed E-state index contributed by atoms with van der Waals surface area (Å²) in [6, 6.07) is 8.69. The summed E-state index contributed by atoms with van der Waals surface area (Å²) in [5, 5.41) is 15.0. The summed E-state index contributed by atoms with van der Waals surface area (Å²) in [4.78, 5) is 24.5. The Labute approximate surface area is 186 Å². The molecule has 0 saturated heterocycles. The van der Waals surface area contributed by atoms with Gasteiger partial charge in [0.15, 0.2) is 9.67 Å². The lowest BCUT2D eigenvalue weighted by atomic mass is 9.99. The van der Waals surface area contributed by atoms with Gasteiger partial charge in [-0.05, 0) is 23.3 Å².